The molecule has 4 aliphatic carbocycles. The molecule has 4 bridgehead atoms. The molecule has 0 aromatic heterocycles. The first kappa shape index (κ1) is 14.3. The molecule has 2 nitrogen and oxygen atoms in total. The Hall–Kier alpha value is -1.31. The molecule has 2 heteroatoms. The van der Waals surface area contributed by atoms with Gasteiger partial charge in [-0.2, -0.15) is 0 Å². The normalized spacial score (nSPS) is 37.0. The van der Waals surface area contributed by atoms with Crippen molar-refractivity contribution in [2.24, 2.45) is 23.2 Å². The predicted octanol–water partition coefficient (Wildman–Crippen LogP) is 3.95. The van der Waals surface area contributed by atoms with Crippen molar-refractivity contribution in [1.29, 1.82) is 0 Å². The zero-order chi connectivity index (χ0) is 15.2. The molecule has 1 amide bonds. The van der Waals surface area contributed by atoms with E-state index in [0.29, 0.717) is 5.91 Å². The van der Waals surface area contributed by atoms with Crippen molar-refractivity contribution in [3.8, 4) is 0 Å². The highest BCUT2D eigenvalue weighted by Crippen LogP contribution is 2.60. The summed E-state index contributed by atoms with van der Waals surface area (Å²) in [5.41, 5.74) is 1.29. The van der Waals surface area contributed by atoms with E-state index in [-0.39, 0.29) is 11.5 Å². The van der Waals surface area contributed by atoms with Crippen LogP contribution in [0, 0.1) is 23.2 Å². The van der Waals surface area contributed by atoms with Gasteiger partial charge in [0.25, 0.3) is 0 Å². The van der Waals surface area contributed by atoms with Gasteiger partial charge in [0.1, 0.15) is 0 Å². The van der Waals surface area contributed by atoms with Gasteiger partial charge in [0, 0.05) is 11.5 Å². The van der Waals surface area contributed by atoms with Gasteiger partial charge in [0.15, 0.2) is 0 Å². The molecule has 0 spiro atoms. The van der Waals surface area contributed by atoms with E-state index in [1.807, 2.05) is 6.07 Å². The molecule has 22 heavy (non-hydrogen) atoms. The van der Waals surface area contributed by atoms with Gasteiger partial charge in [-0.15, -0.1) is 0 Å². The zero-order valence-electron chi connectivity index (χ0n) is 13.6. The average molecular weight is 297 g/mol. The summed E-state index contributed by atoms with van der Waals surface area (Å²) in [6, 6.07) is 10.7. The number of carbonyl (C=O) groups excluding carboxylic acids is 1. The zero-order valence-corrected chi connectivity index (χ0v) is 13.6. The highest BCUT2D eigenvalue weighted by molar-refractivity contribution is 5.83. The number of rotatable bonds is 4. The molecule has 0 aliphatic heterocycles. The molecular formula is C20H27NO. The van der Waals surface area contributed by atoms with E-state index in [2.05, 4.69) is 36.5 Å². The highest BCUT2D eigenvalue weighted by atomic mass is 16.2. The molecule has 0 heterocycles. The molecule has 4 fully saturated rings. The van der Waals surface area contributed by atoms with Crippen LogP contribution in [0.2, 0.25) is 0 Å². The fourth-order valence-corrected chi connectivity index (χ4v) is 5.78. The molecule has 4 aliphatic rings. The second-order valence-electron chi connectivity index (χ2n) is 8.26. The van der Waals surface area contributed by atoms with E-state index in [1.54, 1.807) is 0 Å². The van der Waals surface area contributed by atoms with Gasteiger partial charge in [0.05, 0.1) is 0 Å². The van der Waals surface area contributed by atoms with Crippen molar-refractivity contribution in [2.45, 2.75) is 57.9 Å². The monoisotopic (exact) mass is 297 g/mol. The van der Waals surface area contributed by atoms with Gasteiger partial charge < -0.3 is 5.32 Å². The molecule has 118 valence electrons. The predicted molar refractivity (Wildman–Crippen MR) is 88.4 cm³/mol. The largest absolute Gasteiger partial charge is 0.353 e. The maximum Gasteiger partial charge on any atom is 0.226 e. The average Bonchev–Trinajstić information content (AvgIpc) is 2.46. The summed E-state index contributed by atoms with van der Waals surface area (Å²) < 4.78 is 0. The van der Waals surface area contributed by atoms with Crippen LogP contribution >= 0.6 is 0 Å². The maximum atomic E-state index is 13.0. The minimum atomic E-state index is -0.0142. The Morgan fingerprint density at radius 1 is 1.09 bits per heavy atom. The third-order valence-corrected chi connectivity index (χ3v) is 6.28. The number of nitrogens with one attached hydrogen (secondary N) is 1. The van der Waals surface area contributed by atoms with E-state index in [1.165, 1.54) is 24.8 Å². The van der Waals surface area contributed by atoms with Crippen molar-refractivity contribution in [3.63, 3.8) is 0 Å². The Morgan fingerprint density at radius 2 is 1.64 bits per heavy atom. The van der Waals surface area contributed by atoms with Gasteiger partial charge >= 0.3 is 0 Å². The molecule has 1 aromatic rings. The van der Waals surface area contributed by atoms with Crippen molar-refractivity contribution < 1.29 is 4.79 Å². The van der Waals surface area contributed by atoms with E-state index in [9.17, 15) is 4.79 Å². The van der Waals surface area contributed by atoms with Crippen LogP contribution in [0.1, 0.15) is 51.0 Å². The summed E-state index contributed by atoms with van der Waals surface area (Å²) in [5, 5.41) is 3.35. The van der Waals surface area contributed by atoms with Crippen molar-refractivity contribution in [1.82, 2.24) is 5.32 Å². The summed E-state index contributed by atoms with van der Waals surface area (Å²) in [5.74, 6) is 2.86. The molecule has 0 saturated heterocycles. The van der Waals surface area contributed by atoms with Gasteiger partial charge in [-0.3, -0.25) is 4.79 Å². The quantitative estimate of drug-likeness (QED) is 0.896. The van der Waals surface area contributed by atoms with Crippen LogP contribution in [-0.4, -0.2) is 11.9 Å². The van der Waals surface area contributed by atoms with Crippen molar-refractivity contribution >= 4 is 5.91 Å². The first-order valence-corrected chi connectivity index (χ1v) is 8.98. The summed E-state index contributed by atoms with van der Waals surface area (Å²) in [6.07, 6.45) is 8.58. The smallest absolute Gasteiger partial charge is 0.226 e. The Bertz CT molecular complexity index is 515. The van der Waals surface area contributed by atoms with Crippen LogP contribution in [0.4, 0.5) is 0 Å². The lowest BCUT2D eigenvalue weighted by Crippen LogP contribution is -2.55. The van der Waals surface area contributed by atoms with Crippen LogP contribution in [0.3, 0.4) is 0 Å². The van der Waals surface area contributed by atoms with Crippen molar-refractivity contribution in [3.05, 3.63) is 35.9 Å². The number of hydrogen-bond acceptors (Lipinski definition) is 1. The Kier molecular flexibility index (Phi) is 3.51. The molecule has 4 saturated carbocycles. The van der Waals surface area contributed by atoms with Crippen LogP contribution in [-0.2, 0) is 11.2 Å². The molecule has 0 radical (unpaired) electrons. The first-order valence-electron chi connectivity index (χ1n) is 8.98. The Morgan fingerprint density at radius 3 is 2.18 bits per heavy atom. The lowest BCUT2D eigenvalue weighted by molar-refractivity contribution is -0.146. The summed E-state index contributed by atoms with van der Waals surface area (Å²) in [7, 11) is 0. The number of hydrogen-bond donors (Lipinski definition) is 1. The number of amides is 1. The molecule has 1 aromatic carbocycles. The minimum absolute atomic E-state index is 0.0142. The molecule has 1 N–H and O–H groups in total. The second kappa shape index (κ2) is 5.40. The Labute approximate surface area is 133 Å². The molecule has 5 rings (SSSR count). The van der Waals surface area contributed by atoms with E-state index >= 15 is 0 Å². The van der Waals surface area contributed by atoms with Crippen LogP contribution in [0.15, 0.2) is 30.3 Å². The van der Waals surface area contributed by atoms with Gasteiger partial charge in [-0.1, -0.05) is 30.3 Å². The third-order valence-electron chi connectivity index (χ3n) is 6.28. The fourth-order valence-electron chi connectivity index (χ4n) is 5.78. The van der Waals surface area contributed by atoms with E-state index < -0.39 is 0 Å². The van der Waals surface area contributed by atoms with Gasteiger partial charge in [0.2, 0.25) is 5.91 Å². The summed E-state index contributed by atoms with van der Waals surface area (Å²) >= 11 is 0. The number of benzene rings is 1. The highest BCUT2D eigenvalue weighted by Gasteiger charge is 2.54. The Balaban J connectivity index is 1.42. The lowest BCUT2D eigenvalue weighted by atomic mass is 9.49. The van der Waals surface area contributed by atoms with Crippen LogP contribution in [0.5, 0.6) is 0 Å². The van der Waals surface area contributed by atoms with Crippen LogP contribution < -0.4 is 5.32 Å². The van der Waals surface area contributed by atoms with Crippen molar-refractivity contribution in [2.75, 3.05) is 0 Å². The molecular weight excluding hydrogens is 270 g/mol. The van der Waals surface area contributed by atoms with Gasteiger partial charge in [-0.05, 0) is 75.2 Å². The summed E-state index contributed by atoms with van der Waals surface area (Å²) in [4.78, 5) is 13.0. The van der Waals surface area contributed by atoms with Crippen LogP contribution in [0.25, 0.3) is 0 Å². The van der Waals surface area contributed by atoms with E-state index in [0.717, 1.165) is 43.4 Å². The number of carbonyl (C=O) groups is 1. The standard InChI is InChI=1S/C20H27NO/c1-14(7-15-5-3-2-4-6-15)21-19(22)20-11-16-8-17(12-20)10-18(9-16)13-20/h2-6,14,16-18H,7-13H2,1H3,(H,21,22)/t14-,16?,17?,18?,20?/m1/s1. The first-order chi connectivity index (χ1) is 10.6. The minimum Gasteiger partial charge on any atom is -0.353 e. The SMILES string of the molecule is C[C@H](Cc1ccccc1)NC(=O)C12CC3CC(CC(C3)C1)C2. The van der Waals surface area contributed by atoms with E-state index in [4.69, 9.17) is 0 Å². The lowest BCUT2D eigenvalue weighted by Gasteiger charge is -2.55. The third kappa shape index (κ3) is 2.57. The second-order valence-corrected chi connectivity index (χ2v) is 8.26. The maximum absolute atomic E-state index is 13.0. The summed E-state index contributed by atoms with van der Waals surface area (Å²) in [6.45, 7) is 2.14. The van der Waals surface area contributed by atoms with Gasteiger partial charge in [-0.25, -0.2) is 0 Å². The molecule has 0 unspecified atom stereocenters. The fraction of sp³-hybridized carbons (Fsp3) is 0.650. The molecule has 1 atom stereocenters. The topological polar surface area (TPSA) is 29.1 Å².